The average molecular weight is 242 g/mol. The third kappa shape index (κ3) is 2.74. The molecule has 0 aliphatic heterocycles. The van der Waals surface area contributed by atoms with Crippen LogP contribution in [-0.2, 0) is 4.74 Å². The van der Waals surface area contributed by atoms with E-state index in [9.17, 15) is 4.79 Å². The standard InChI is InChI=1S/C12H15NO2.ClH/c1-15-12(14)10-6-4-9(5-7-10)11(13)8-2-3-8;/h4-8,11H,2-3,13H2,1H3;1H/t11-;/m1./s1. The molecule has 1 aliphatic carbocycles. The van der Waals surface area contributed by atoms with Crippen molar-refractivity contribution in [3.05, 3.63) is 35.4 Å². The van der Waals surface area contributed by atoms with Crippen molar-refractivity contribution >= 4 is 18.4 Å². The van der Waals surface area contributed by atoms with Crippen LogP contribution in [0.25, 0.3) is 0 Å². The molecule has 1 aliphatic rings. The van der Waals surface area contributed by atoms with Crippen LogP contribution < -0.4 is 5.73 Å². The molecule has 0 saturated heterocycles. The lowest BCUT2D eigenvalue weighted by atomic mass is 10.0. The molecule has 4 heteroatoms. The van der Waals surface area contributed by atoms with E-state index in [1.54, 1.807) is 12.1 Å². The van der Waals surface area contributed by atoms with Gasteiger partial charge in [0.15, 0.2) is 0 Å². The van der Waals surface area contributed by atoms with Crippen LogP contribution in [0, 0.1) is 5.92 Å². The van der Waals surface area contributed by atoms with Crippen molar-refractivity contribution < 1.29 is 9.53 Å². The highest BCUT2D eigenvalue weighted by molar-refractivity contribution is 5.89. The molecule has 1 fully saturated rings. The Morgan fingerprint density at radius 1 is 1.38 bits per heavy atom. The second-order valence-electron chi connectivity index (χ2n) is 3.98. The van der Waals surface area contributed by atoms with E-state index in [4.69, 9.17) is 5.73 Å². The summed E-state index contributed by atoms with van der Waals surface area (Å²) in [5.41, 5.74) is 7.72. The van der Waals surface area contributed by atoms with E-state index in [0.29, 0.717) is 11.5 Å². The lowest BCUT2D eigenvalue weighted by molar-refractivity contribution is 0.0600. The molecule has 0 aromatic heterocycles. The van der Waals surface area contributed by atoms with Gasteiger partial charge in [0, 0.05) is 6.04 Å². The van der Waals surface area contributed by atoms with E-state index in [1.807, 2.05) is 12.1 Å². The number of hydrogen-bond acceptors (Lipinski definition) is 3. The smallest absolute Gasteiger partial charge is 0.337 e. The summed E-state index contributed by atoms with van der Waals surface area (Å²) < 4.78 is 4.63. The van der Waals surface area contributed by atoms with Crippen LogP contribution in [-0.4, -0.2) is 13.1 Å². The molecule has 1 saturated carbocycles. The number of carbonyl (C=O) groups excluding carboxylic acids is 1. The zero-order chi connectivity index (χ0) is 10.8. The van der Waals surface area contributed by atoms with Crippen LogP contribution in [0.3, 0.4) is 0 Å². The highest BCUT2D eigenvalue weighted by Gasteiger charge is 2.29. The van der Waals surface area contributed by atoms with E-state index in [2.05, 4.69) is 4.74 Å². The van der Waals surface area contributed by atoms with Crippen molar-refractivity contribution in [3.63, 3.8) is 0 Å². The Labute approximate surface area is 101 Å². The molecule has 0 radical (unpaired) electrons. The van der Waals surface area contributed by atoms with Gasteiger partial charge in [0.1, 0.15) is 0 Å². The zero-order valence-electron chi connectivity index (χ0n) is 9.18. The number of halogens is 1. The number of esters is 1. The van der Waals surface area contributed by atoms with Crippen LogP contribution in [0.4, 0.5) is 0 Å². The van der Waals surface area contributed by atoms with Crippen molar-refractivity contribution in [2.75, 3.05) is 7.11 Å². The van der Waals surface area contributed by atoms with Crippen molar-refractivity contribution in [1.29, 1.82) is 0 Å². The van der Waals surface area contributed by atoms with Gasteiger partial charge >= 0.3 is 5.97 Å². The number of ether oxygens (including phenoxy) is 1. The van der Waals surface area contributed by atoms with Gasteiger partial charge in [-0.05, 0) is 36.5 Å². The Kier molecular flexibility index (Phi) is 4.33. The van der Waals surface area contributed by atoms with Crippen LogP contribution in [0.5, 0.6) is 0 Å². The number of carbonyl (C=O) groups is 1. The fraction of sp³-hybridized carbons (Fsp3) is 0.417. The van der Waals surface area contributed by atoms with Crippen molar-refractivity contribution in [2.45, 2.75) is 18.9 Å². The first-order valence-corrected chi connectivity index (χ1v) is 5.16. The third-order valence-electron chi connectivity index (χ3n) is 2.85. The molecule has 2 rings (SSSR count). The van der Waals surface area contributed by atoms with E-state index < -0.39 is 0 Å². The Bertz CT molecular complexity index is 360. The van der Waals surface area contributed by atoms with E-state index >= 15 is 0 Å². The summed E-state index contributed by atoms with van der Waals surface area (Å²) in [5.74, 6) is 0.329. The molecule has 0 amide bonds. The first kappa shape index (κ1) is 13.0. The Hall–Kier alpha value is -1.06. The quantitative estimate of drug-likeness (QED) is 0.827. The minimum atomic E-state index is -0.304. The molecular weight excluding hydrogens is 226 g/mol. The van der Waals surface area contributed by atoms with Gasteiger partial charge in [-0.15, -0.1) is 12.4 Å². The second-order valence-corrected chi connectivity index (χ2v) is 3.98. The van der Waals surface area contributed by atoms with Gasteiger partial charge in [-0.25, -0.2) is 4.79 Å². The minimum absolute atomic E-state index is 0. The topological polar surface area (TPSA) is 52.3 Å². The fourth-order valence-corrected chi connectivity index (χ4v) is 1.69. The molecule has 0 spiro atoms. The number of methoxy groups -OCH3 is 1. The minimum Gasteiger partial charge on any atom is -0.465 e. The van der Waals surface area contributed by atoms with Gasteiger partial charge < -0.3 is 10.5 Å². The molecule has 1 atom stereocenters. The normalized spacial score (nSPS) is 16.1. The van der Waals surface area contributed by atoms with Gasteiger partial charge in [0.25, 0.3) is 0 Å². The molecule has 0 unspecified atom stereocenters. The predicted octanol–water partition coefficient (Wildman–Crippen LogP) is 2.30. The molecule has 2 N–H and O–H groups in total. The van der Waals surface area contributed by atoms with E-state index in [-0.39, 0.29) is 24.4 Å². The number of hydrogen-bond donors (Lipinski definition) is 1. The van der Waals surface area contributed by atoms with Crippen LogP contribution >= 0.6 is 12.4 Å². The largest absolute Gasteiger partial charge is 0.465 e. The number of nitrogens with two attached hydrogens (primary N) is 1. The number of rotatable bonds is 3. The van der Waals surface area contributed by atoms with Crippen LogP contribution in [0.15, 0.2) is 24.3 Å². The fourth-order valence-electron chi connectivity index (χ4n) is 1.69. The first-order chi connectivity index (χ1) is 7.22. The maximum atomic E-state index is 11.2. The maximum Gasteiger partial charge on any atom is 0.337 e. The first-order valence-electron chi connectivity index (χ1n) is 5.16. The summed E-state index contributed by atoms with van der Waals surface area (Å²) in [5, 5.41) is 0. The monoisotopic (exact) mass is 241 g/mol. The summed E-state index contributed by atoms with van der Waals surface area (Å²) in [7, 11) is 1.38. The van der Waals surface area contributed by atoms with Crippen LogP contribution in [0.1, 0.15) is 34.8 Å². The highest BCUT2D eigenvalue weighted by atomic mass is 35.5. The SMILES string of the molecule is COC(=O)c1ccc([C@H](N)C2CC2)cc1.Cl. The highest BCUT2D eigenvalue weighted by Crippen LogP contribution is 2.39. The van der Waals surface area contributed by atoms with Gasteiger partial charge in [-0.2, -0.15) is 0 Å². The molecule has 88 valence electrons. The Morgan fingerprint density at radius 3 is 2.38 bits per heavy atom. The lowest BCUT2D eigenvalue weighted by Crippen LogP contribution is -2.12. The number of benzene rings is 1. The molecule has 1 aromatic rings. The molecule has 16 heavy (non-hydrogen) atoms. The Balaban J connectivity index is 0.00000128. The Morgan fingerprint density at radius 2 is 1.94 bits per heavy atom. The maximum absolute atomic E-state index is 11.2. The lowest BCUT2D eigenvalue weighted by Gasteiger charge is -2.10. The van der Waals surface area contributed by atoms with Gasteiger partial charge in [0.2, 0.25) is 0 Å². The summed E-state index contributed by atoms with van der Waals surface area (Å²) in [6, 6.07) is 7.48. The third-order valence-corrected chi connectivity index (χ3v) is 2.85. The van der Waals surface area contributed by atoms with Gasteiger partial charge in [-0.3, -0.25) is 0 Å². The molecular formula is C12H16ClNO2. The van der Waals surface area contributed by atoms with Crippen molar-refractivity contribution in [3.8, 4) is 0 Å². The van der Waals surface area contributed by atoms with Crippen molar-refractivity contribution in [2.24, 2.45) is 11.7 Å². The van der Waals surface area contributed by atoms with Crippen LogP contribution in [0.2, 0.25) is 0 Å². The average Bonchev–Trinajstić information content (AvgIpc) is 3.11. The van der Waals surface area contributed by atoms with E-state index in [0.717, 1.165) is 5.56 Å². The second kappa shape index (κ2) is 5.32. The summed E-state index contributed by atoms with van der Waals surface area (Å²) >= 11 is 0. The molecule has 1 aromatic carbocycles. The van der Waals surface area contributed by atoms with Crippen molar-refractivity contribution in [1.82, 2.24) is 0 Å². The summed E-state index contributed by atoms with van der Waals surface area (Å²) in [6.07, 6.45) is 2.44. The summed E-state index contributed by atoms with van der Waals surface area (Å²) in [6.45, 7) is 0. The zero-order valence-corrected chi connectivity index (χ0v) is 10.00. The predicted molar refractivity (Wildman–Crippen MR) is 64.7 cm³/mol. The van der Waals surface area contributed by atoms with Gasteiger partial charge in [-0.1, -0.05) is 12.1 Å². The molecule has 0 heterocycles. The van der Waals surface area contributed by atoms with Gasteiger partial charge in [0.05, 0.1) is 12.7 Å². The molecule has 3 nitrogen and oxygen atoms in total. The summed E-state index contributed by atoms with van der Waals surface area (Å²) in [4.78, 5) is 11.2. The van der Waals surface area contributed by atoms with E-state index in [1.165, 1.54) is 20.0 Å². The molecule has 0 bridgehead atoms.